The number of nitrogens with zero attached hydrogens (tertiary/aromatic N) is 4. The van der Waals surface area contributed by atoms with E-state index in [4.69, 9.17) is 4.74 Å². The monoisotopic (exact) mass is 467 g/mol. The normalized spacial score (nSPS) is 22.0. The lowest BCUT2D eigenvalue weighted by molar-refractivity contribution is -0.127. The van der Waals surface area contributed by atoms with E-state index in [9.17, 15) is 4.79 Å². The number of guanidine groups is 1. The molecule has 0 bridgehead atoms. The molecule has 25 heavy (non-hydrogen) atoms. The van der Waals surface area contributed by atoms with E-state index in [1.54, 1.807) is 19.0 Å². The van der Waals surface area contributed by atoms with E-state index in [1.165, 1.54) is 0 Å². The van der Waals surface area contributed by atoms with E-state index in [2.05, 4.69) is 34.0 Å². The molecule has 1 unspecified atom stereocenters. The molecule has 0 radical (unpaired) electrons. The molecule has 0 aromatic carbocycles. The van der Waals surface area contributed by atoms with Gasteiger partial charge in [0.1, 0.15) is 6.54 Å². The van der Waals surface area contributed by atoms with Crippen molar-refractivity contribution in [3.8, 4) is 0 Å². The van der Waals surface area contributed by atoms with Crippen LogP contribution in [0.3, 0.4) is 0 Å². The van der Waals surface area contributed by atoms with Crippen LogP contribution in [-0.4, -0.2) is 99.2 Å². The Balaban J connectivity index is 0.00000312. The maximum Gasteiger partial charge on any atom is 0.243 e. The predicted molar refractivity (Wildman–Crippen MR) is 112 cm³/mol. The van der Waals surface area contributed by atoms with Gasteiger partial charge in [0.25, 0.3) is 0 Å². The number of nitrogens with one attached hydrogen (secondary N) is 1. The van der Waals surface area contributed by atoms with E-state index in [0.29, 0.717) is 12.0 Å². The third-order valence-corrected chi connectivity index (χ3v) is 4.56. The summed E-state index contributed by atoms with van der Waals surface area (Å²) in [6.45, 7) is 11.1. The molecule has 2 fully saturated rings. The number of aliphatic imine (C=N–C) groups is 1. The lowest BCUT2D eigenvalue weighted by Gasteiger charge is -2.32. The van der Waals surface area contributed by atoms with Gasteiger partial charge < -0.3 is 19.9 Å². The van der Waals surface area contributed by atoms with Gasteiger partial charge >= 0.3 is 0 Å². The number of rotatable bonds is 5. The second-order valence-electron chi connectivity index (χ2n) is 7.24. The van der Waals surface area contributed by atoms with Crippen molar-refractivity contribution in [2.45, 2.75) is 26.3 Å². The van der Waals surface area contributed by atoms with Crippen molar-refractivity contribution in [1.29, 1.82) is 0 Å². The first kappa shape index (κ1) is 22.4. The van der Waals surface area contributed by atoms with Gasteiger partial charge in [-0.15, -0.1) is 24.0 Å². The molecule has 0 aliphatic carbocycles. The molecule has 2 aliphatic heterocycles. The molecule has 1 N–H and O–H groups in total. The zero-order valence-electron chi connectivity index (χ0n) is 16.0. The minimum atomic E-state index is 0. The molecule has 2 saturated heterocycles. The minimum Gasteiger partial charge on any atom is -0.379 e. The molecule has 2 aliphatic rings. The van der Waals surface area contributed by atoms with Crippen molar-refractivity contribution in [3.63, 3.8) is 0 Å². The maximum atomic E-state index is 11.9. The summed E-state index contributed by atoms with van der Waals surface area (Å²) < 4.78 is 5.45. The second kappa shape index (κ2) is 11.2. The average molecular weight is 467 g/mol. The van der Waals surface area contributed by atoms with Gasteiger partial charge in [0.05, 0.1) is 13.2 Å². The summed E-state index contributed by atoms with van der Waals surface area (Å²) >= 11 is 0. The Morgan fingerprint density at radius 3 is 2.56 bits per heavy atom. The standard InChI is InChI=1S/C17H33N5O2.HI/c1-14(2)11-18-17(19-12-16(23)20(3)4)22-6-5-15(13-22)21-7-9-24-10-8-21;/h14-15H,5-13H2,1-4H3,(H,18,19);1H. The van der Waals surface area contributed by atoms with Crippen LogP contribution < -0.4 is 5.32 Å². The van der Waals surface area contributed by atoms with E-state index in [0.717, 1.165) is 58.3 Å². The van der Waals surface area contributed by atoms with Crippen LogP contribution in [0.2, 0.25) is 0 Å². The molecule has 2 rings (SSSR count). The Morgan fingerprint density at radius 1 is 1.28 bits per heavy atom. The lowest BCUT2D eigenvalue weighted by Crippen LogP contribution is -2.47. The third-order valence-electron chi connectivity index (χ3n) is 4.56. The highest BCUT2D eigenvalue weighted by Crippen LogP contribution is 2.17. The van der Waals surface area contributed by atoms with Gasteiger partial charge in [0.15, 0.2) is 5.96 Å². The topological polar surface area (TPSA) is 60.4 Å². The Labute approximate surface area is 169 Å². The molecule has 0 spiro atoms. The quantitative estimate of drug-likeness (QED) is 0.367. The van der Waals surface area contributed by atoms with Crippen LogP contribution >= 0.6 is 24.0 Å². The summed E-state index contributed by atoms with van der Waals surface area (Å²) in [5, 5.41) is 3.44. The Hall–Kier alpha value is -0.610. The van der Waals surface area contributed by atoms with Crippen molar-refractivity contribution >= 4 is 35.8 Å². The fourth-order valence-electron chi connectivity index (χ4n) is 3.02. The number of hydrogen-bond donors (Lipinski definition) is 1. The van der Waals surface area contributed by atoms with Crippen LogP contribution in [0.15, 0.2) is 4.99 Å². The number of ether oxygens (including phenoxy) is 1. The van der Waals surface area contributed by atoms with Crippen molar-refractivity contribution in [2.24, 2.45) is 10.9 Å². The van der Waals surface area contributed by atoms with E-state index in [-0.39, 0.29) is 36.4 Å². The lowest BCUT2D eigenvalue weighted by atomic mass is 10.2. The molecule has 146 valence electrons. The summed E-state index contributed by atoms with van der Waals surface area (Å²) in [5.41, 5.74) is 0. The van der Waals surface area contributed by atoms with Crippen molar-refractivity contribution in [1.82, 2.24) is 20.0 Å². The van der Waals surface area contributed by atoms with E-state index in [1.807, 2.05) is 0 Å². The van der Waals surface area contributed by atoms with Gasteiger partial charge in [-0.25, -0.2) is 4.99 Å². The van der Waals surface area contributed by atoms with Crippen molar-refractivity contribution in [2.75, 3.05) is 66.6 Å². The Bertz CT molecular complexity index is 439. The molecule has 1 amide bonds. The zero-order chi connectivity index (χ0) is 17.5. The number of likely N-dealkylation sites (N-methyl/N-ethyl adjacent to an activating group) is 1. The number of amides is 1. The Morgan fingerprint density at radius 2 is 1.96 bits per heavy atom. The van der Waals surface area contributed by atoms with Crippen LogP contribution in [0.1, 0.15) is 20.3 Å². The third kappa shape index (κ3) is 7.26. The van der Waals surface area contributed by atoms with Gasteiger partial charge in [0.2, 0.25) is 5.91 Å². The number of carbonyl (C=O) groups excluding carboxylic acids is 1. The summed E-state index contributed by atoms with van der Waals surface area (Å²) in [6, 6.07) is 0.560. The summed E-state index contributed by atoms with van der Waals surface area (Å²) in [7, 11) is 3.53. The van der Waals surface area contributed by atoms with Crippen LogP contribution in [-0.2, 0) is 9.53 Å². The summed E-state index contributed by atoms with van der Waals surface area (Å²) in [5.74, 6) is 1.44. The first-order valence-electron chi connectivity index (χ1n) is 9.02. The van der Waals surface area contributed by atoms with E-state index >= 15 is 0 Å². The minimum absolute atomic E-state index is 0. The van der Waals surface area contributed by atoms with Crippen molar-refractivity contribution < 1.29 is 9.53 Å². The first-order chi connectivity index (χ1) is 11.5. The molecule has 7 nitrogen and oxygen atoms in total. The average Bonchev–Trinajstić information content (AvgIpc) is 3.05. The Kier molecular flexibility index (Phi) is 10.0. The zero-order valence-corrected chi connectivity index (χ0v) is 18.4. The largest absolute Gasteiger partial charge is 0.379 e. The molecular weight excluding hydrogens is 433 g/mol. The molecule has 8 heteroatoms. The SMILES string of the molecule is CC(C)CNC(=NCC(=O)N(C)C)N1CCC(N2CCOCC2)C1.I. The molecular formula is C17H34IN5O2. The van der Waals surface area contributed by atoms with Crippen LogP contribution in [0, 0.1) is 5.92 Å². The smallest absolute Gasteiger partial charge is 0.243 e. The van der Waals surface area contributed by atoms with Gasteiger partial charge in [-0.3, -0.25) is 9.69 Å². The highest BCUT2D eigenvalue weighted by atomic mass is 127. The van der Waals surface area contributed by atoms with Crippen LogP contribution in [0.5, 0.6) is 0 Å². The highest BCUT2D eigenvalue weighted by Gasteiger charge is 2.30. The second-order valence-corrected chi connectivity index (χ2v) is 7.24. The van der Waals surface area contributed by atoms with Crippen molar-refractivity contribution in [3.05, 3.63) is 0 Å². The molecule has 1 atom stereocenters. The van der Waals surface area contributed by atoms with Crippen LogP contribution in [0.25, 0.3) is 0 Å². The van der Waals surface area contributed by atoms with Gasteiger partial charge in [-0.05, 0) is 12.3 Å². The van der Waals surface area contributed by atoms with Gasteiger partial charge in [-0.2, -0.15) is 0 Å². The fraction of sp³-hybridized carbons (Fsp3) is 0.882. The number of morpholine rings is 1. The fourth-order valence-corrected chi connectivity index (χ4v) is 3.02. The number of hydrogen-bond acceptors (Lipinski definition) is 4. The molecule has 0 aromatic rings. The summed E-state index contributed by atoms with van der Waals surface area (Å²) in [4.78, 5) is 22.8. The molecule has 0 aromatic heterocycles. The number of carbonyl (C=O) groups is 1. The number of halogens is 1. The van der Waals surface area contributed by atoms with Gasteiger partial charge in [0, 0.05) is 52.9 Å². The van der Waals surface area contributed by atoms with E-state index < -0.39 is 0 Å². The maximum absolute atomic E-state index is 11.9. The first-order valence-corrected chi connectivity index (χ1v) is 9.02. The molecule has 2 heterocycles. The van der Waals surface area contributed by atoms with Gasteiger partial charge in [-0.1, -0.05) is 13.8 Å². The number of likely N-dealkylation sites (tertiary alicyclic amines) is 1. The molecule has 0 saturated carbocycles. The predicted octanol–water partition coefficient (Wildman–Crippen LogP) is 0.701. The summed E-state index contributed by atoms with van der Waals surface area (Å²) in [6.07, 6.45) is 1.14. The van der Waals surface area contributed by atoms with Crippen LogP contribution in [0.4, 0.5) is 0 Å². The highest BCUT2D eigenvalue weighted by molar-refractivity contribution is 14.0.